The number of anilines is 1. The maximum atomic E-state index is 13.6. The number of ether oxygens (including phenoxy) is 6. The highest BCUT2D eigenvalue weighted by atomic mass is 16.6. The zero-order chi connectivity index (χ0) is 33.1. The lowest BCUT2D eigenvalue weighted by Crippen LogP contribution is -2.55. The number of benzene rings is 3. The van der Waals surface area contributed by atoms with Gasteiger partial charge in [-0.15, -0.1) is 0 Å². The van der Waals surface area contributed by atoms with Gasteiger partial charge in [0.25, 0.3) is 0 Å². The number of allylic oxidation sites excluding steroid dienone is 1. The molecular weight excluding hydrogens is 608 g/mol. The van der Waals surface area contributed by atoms with Crippen LogP contribution in [0.25, 0.3) is 0 Å². The number of piperidine rings is 1. The predicted molar refractivity (Wildman–Crippen MR) is 185 cm³/mol. The molecule has 0 N–H and O–H groups in total. The fourth-order valence-corrected chi connectivity index (χ4v) is 6.84. The maximum absolute atomic E-state index is 13.6. The van der Waals surface area contributed by atoms with E-state index in [4.69, 9.17) is 28.4 Å². The van der Waals surface area contributed by atoms with Crippen LogP contribution in [0.1, 0.15) is 48.3 Å². The van der Waals surface area contributed by atoms with Crippen molar-refractivity contribution in [2.24, 2.45) is 0 Å². The quantitative estimate of drug-likeness (QED) is 0.148. The highest BCUT2D eigenvalue weighted by molar-refractivity contribution is 5.68. The minimum absolute atomic E-state index is 0.0184. The highest BCUT2D eigenvalue weighted by Crippen LogP contribution is 2.37. The van der Waals surface area contributed by atoms with Gasteiger partial charge >= 0.3 is 6.09 Å². The van der Waals surface area contributed by atoms with Crippen molar-refractivity contribution in [3.8, 4) is 11.5 Å². The van der Waals surface area contributed by atoms with E-state index in [0.717, 1.165) is 72.6 Å². The molecule has 3 aromatic rings. The molecular formula is C39H48N2O7. The van der Waals surface area contributed by atoms with E-state index >= 15 is 0 Å². The van der Waals surface area contributed by atoms with Gasteiger partial charge in [0.15, 0.2) is 0 Å². The lowest BCUT2D eigenvalue weighted by molar-refractivity contribution is -0.105. The Morgan fingerprint density at radius 3 is 2.54 bits per heavy atom. The first kappa shape index (κ1) is 33.8. The summed E-state index contributed by atoms with van der Waals surface area (Å²) in [5, 5.41) is 0. The number of carbonyl (C=O) groups excluding carboxylic acids is 1. The Bertz CT molecular complexity index is 1480. The number of rotatable bonds is 13. The standard InChI is InChI=1S/C39H48N2O7/c1-43-22-9-20-40-21-23-45-35-19-14-30(24-34(35)40)28-46-36-25-41(39(42)47-27-29-10-5-3-6-11-29)26-37(48-33-12-7-4-8-13-33)38(36)31-15-17-32(44-2)18-16-31/h3,5-7,10-12,14-19,24,33,36-38H,4,8-9,13,20-23,25-28H2,1-2H3. The molecule has 4 unspecified atom stereocenters. The zero-order valence-electron chi connectivity index (χ0n) is 28.1. The summed E-state index contributed by atoms with van der Waals surface area (Å²) in [6.07, 6.45) is 7.34. The lowest BCUT2D eigenvalue weighted by Gasteiger charge is -2.44. The molecule has 9 heteroatoms. The van der Waals surface area contributed by atoms with Crippen molar-refractivity contribution in [3.63, 3.8) is 0 Å². The fraction of sp³-hybridized carbons (Fsp3) is 0.462. The average molecular weight is 657 g/mol. The summed E-state index contributed by atoms with van der Waals surface area (Å²) in [7, 11) is 3.41. The van der Waals surface area contributed by atoms with Gasteiger partial charge in [-0.25, -0.2) is 4.79 Å². The summed E-state index contributed by atoms with van der Waals surface area (Å²) in [6, 6.07) is 24.2. The van der Waals surface area contributed by atoms with Crippen LogP contribution >= 0.6 is 0 Å². The first-order valence-electron chi connectivity index (χ1n) is 17.1. The van der Waals surface area contributed by atoms with Gasteiger partial charge in [0.1, 0.15) is 24.7 Å². The molecule has 9 nitrogen and oxygen atoms in total. The number of methoxy groups -OCH3 is 2. The van der Waals surface area contributed by atoms with Crippen LogP contribution in [0.3, 0.4) is 0 Å². The Morgan fingerprint density at radius 1 is 0.938 bits per heavy atom. The summed E-state index contributed by atoms with van der Waals surface area (Å²) in [6.45, 7) is 4.47. The molecule has 256 valence electrons. The number of carbonyl (C=O) groups is 1. The Hall–Kier alpha value is -4.05. The van der Waals surface area contributed by atoms with Gasteiger partial charge in [0.2, 0.25) is 0 Å². The lowest BCUT2D eigenvalue weighted by atomic mass is 9.84. The van der Waals surface area contributed by atoms with Crippen LogP contribution in [0.2, 0.25) is 0 Å². The summed E-state index contributed by atoms with van der Waals surface area (Å²) < 4.78 is 36.2. The van der Waals surface area contributed by atoms with E-state index < -0.39 is 0 Å². The number of nitrogens with zero attached hydrogens (tertiary/aromatic N) is 2. The molecule has 0 spiro atoms. The fourth-order valence-electron chi connectivity index (χ4n) is 6.84. The third kappa shape index (κ3) is 8.69. The SMILES string of the molecule is COCCCN1CCOc2ccc(COC3CN(C(=O)OCc4ccccc4)CC(OC4C=CCCC4)C3c3ccc(OC)cc3)cc21. The summed E-state index contributed by atoms with van der Waals surface area (Å²) in [4.78, 5) is 17.7. The molecule has 0 saturated carbocycles. The zero-order valence-corrected chi connectivity index (χ0v) is 28.1. The Kier molecular flexibility index (Phi) is 11.9. The second kappa shape index (κ2) is 16.9. The smallest absolute Gasteiger partial charge is 0.410 e. The van der Waals surface area contributed by atoms with Gasteiger partial charge in [0.05, 0.1) is 57.4 Å². The van der Waals surface area contributed by atoms with E-state index in [0.29, 0.717) is 32.9 Å². The number of hydrogen-bond donors (Lipinski definition) is 0. The molecule has 3 aliphatic rings. The highest BCUT2D eigenvalue weighted by Gasteiger charge is 2.42. The van der Waals surface area contributed by atoms with Crippen molar-refractivity contribution in [2.75, 3.05) is 58.5 Å². The van der Waals surface area contributed by atoms with Crippen molar-refractivity contribution in [2.45, 2.75) is 63.1 Å². The van der Waals surface area contributed by atoms with Crippen LogP contribution in [0.15, 0.2) is 84.9 Å². The van der Waals surface area contributed by atoms with Crippen molar-refractivity contribution in [1.29, 1.82) is 0 Å². The van der Waals surface area contributed by atoms with Gasteiger partial charge in [-0.05, 0) is 66.6 Å². The number of likely N-dealkylation sites (tertiary alicyclic amines) is 1. The molecule has 0 aromatic heterocycles. The van der Waals surface area contributed by atoms with Gasteiger partial charge < -0.3 is 38.2 Å². The molecule has 0 bridgehead atoms. The Labute approximate surface area is 284 Å². The van der Waals surface area contributed by atoms with Crippen LogP contribution < -0.4 is 14.4 Å². The van der Waals surface area contributed by atoms with Gasteiger partial charge in [0, 0.05) is 26.2 Å². The monoisotopic (exact) mass is 656 g/mol. The largest absolute Gasteiger partial charge is 0.497 e. The van der Waals surface area contributed by atoms with E-state index in [1.165, 1.54) is 0 Å². The summed E-state index contributed by atoms with van der Waals surface area (Å²) in [5.74, 6) is 1.56. The minimum atomic E-state index is -0.369. The summed E-state index contributed by atoms with van der Waals surface area (Å²) in [5.41, 5.74) is 4.15. The second-order valence-electron chi connectivity index (χ2n) is 12.6. The molecule has 1 fully saturated rings. The molecule has 6 rings (SSSR count). The molecule has 1 aliphatic carbocycles. The Balaban J connectivity index is 1.25. The molecule has 2 aliphatic heterocycles. The van der Waals surface area contributed by atoms with Crippen LogP contribution in [-0.4, -0.2) is 82.9 Å². The molecule has 1 saturated heterocycles. The molecule has 3 aromatic carbocycles. The van der Waals surface area contributed by atoms with E-state index in [-0.39, 0.29) is 36.9 Å². The van der Waals surface area contributed by atoms with Crippen LogP contribution in [0.5, 0.6) is 11.5 Å². The molecule has 2 heterocycles. The predicted octanol–water partition coefficient (Wildman–Crippen LogP) is 6.75. The van der Waals surface area contributed by atoms with Crippen molar-refractivity contribution < 1.29 is 33.2 Å². The normalized spacial score (nSPS) is 22.1. The van der Waals surface area contributed by atoms with Gasteiger partial charge in [-0.1, -0.05) is 60.7 Å². The Morgan fingerprint density at radius 2 is 1.77 bits per heavy atom. The molecule has 1 amide bonds. The maximum Gasteiger partial charge on any atom is 0.410 e. The van der Waals surface area contributed by atoms with Crippen LogP contribution in [-0.2, 0) is 32.2 Å². The number of fused-ring (bicyclic) bond motifs is 1. The van der Waals surface area contributed by atoms with E-state index in [1.807, 2.05) is 48.5 Å². The van der Waals surface area contributed by atoms with Gasteiger partial charge in [-0.3, -0.25) is 0 Å². The molecule has 48 heavy (non-hydrogen) atoms. The average Bonchev–Trinajstić information content (AvgIpc) is 3.14. The first-order valence-corrected chi connectivity index (χ1v) is 17.1. The first-order chi connectivity index (χ1) is 23.6. The topological polar surface area (TPSA) is 78.9 Å². The molecule has 4 atom stereocenters. The van der Waals surface area contributed by atoms with E-state index in [9.17, 15) is 4.79 Å². The summed E-state index contributed by atoms with van der Waals surface area (Å²) >= 11 is 0. The minimum Gasteiger partial charge on any atom is -0.497 e. The van der Waals surface area contributed by atoms with Crippen molar-refractivity contribution in [3.05, 3.63) is 102 Å². The van der Waals surface area contributed by atoms with Gasteiger partial charge in [-0.2, -0.15) is 0 Å². The molecule has 0 radical (unpaired) electrons. The van der Waals surface area contributed by atoms with E-state index in [1.54, 1.807) is 19.1 Å². The van der Waals surface area contributed by atoms with Crippen LogP contribution in [0.4, 0.5) is 10.5 Å². The third-order valence-corrected chi connectivity index (χ3v) is 9.35. The van der Waals surface area contributed by atoms with Crippen molar-refractivity contribution in [1.82, 2.24) is 4.90 Å². The van der Waals surface area contributed by atoms with Crippen LogP contribution in [0, 0.1) is 0 Å². The third-order valence-electron chi connectivity index (χ3n) is 9.35. The number of amides is 1. The second-order valence-corrected chi connectivity index (χ2v) is 12.6. The van der Waals surface area contributed by atoms with E-state index in [2.05, 4.69) is 41.3 Å². The van der Waals surface area contributed by atoms with Crippen molar-refractivity contribution >= 4 is 11.8 Å². The number of hydrogen-bond acceptors (Lipinski definition) is 8.